The number of alkyl halides is 9. The fourth-order valence-corrected chi connectivity index (χ4v) is 13.4. The molecule has 0 aliphatic rings. The van der Waals surface area contributed by atoms with Gasteiger partial charge in [-0.05, 0) is 234 Å². The highest BCUT2D eigenvalue weighted by atomic mass is 127. The van der Waals surface area contributed by atoms with Crippen LogP contribution in [0.5, 0.6) is 0 Å². The van der Waals surface area contributed by atoms with Gasteiger partial charge in [0.25, 0.3) is 0 Å². The molecule has 0 radical (unpaired) electrons. The molecular formula is C87H81BrClF6IN4O6S2. The second-order valence-corrected chi connectivity index (χ2v) is 30.4. The summed E-state index contributed by atoms with van der Waals surface area (Å²) >= 11 is 12.1. The molecule has 0 unspecified atom stereocenters. The normalized spacial score (nSPS) is 11.4. The van der Waals surface area contributed by atoms with Crippen molar-refractivity contribution in [1.82, 2.24) is 0 Å². The van der Waals surface area contributed by atoms with Gasteiger partial charge in [0.2, 0.25) is 0 Å². The SMILES string of the molecule is Cc1ccc(N(c2ccc(C)cc2)c2cccc(CBr)c2)cc1.Cc1ccc(N(c2ccc(COS(=O)(=O)C(F)(F)F)cc2)c2ccc(C)c(COS(=O)(=O)C(F)(F)F)c2)cc1.Cc1ccc(N(c2ccccc2)c2ccc(C)c(CCl)c2)cc1.Cc1ccc(N(c2ccccc2)c2ccc(C)cc2CI)cc1. The lowest BCUT2D eigenvalue weighted by molar-refractivity contribution is -0.0552. The van der Waals surface area contributed by atoms with Crippen molar-refractivity contribution in [3.05, 3.63) is 357 Å². The Morgan fingerprint density at radius 2 is 0.648 bits per heavy atom. The number of benzene rings is 12. The lowest BCUT2D eigenvalue weighted by Crippen LogP contribution is -2.25. The first kappa shape index (κ1) is 82.8. The fourth-order valence-electron chi connectivity index (χ4n) is 11.3. The van der Waals surface area contributed by atoms with Crippen molar-refractivity contribution >= 4 is 139 Å². The van der Waals surface area contributed by atoms with Crippen LogP contribution in [0.25, 0.3) is 0 Å². The minimum atomic E-state index is -5.82. The van der Waals surface area contributed by atoms with Crippen LogP contribution in [-0.4, -0.2) is 27.9 Å². The Morgan fingerprint density at radius 3 is 1.03 bits per heavy atom. The van der Waals surface area contributed by atoms with Crippen LogP contribution in [0, 0.1) is 55.4 Å². The Labute approximate surface area is 657 Å². The number of rotatable bonds is 21. The number of para-hydroxylation sites is 2. The summed E-state index contributed by atoms with van der Waals surface area (Å²) < 4.78 is 130. The van der Waals surface area contributed by atoms with Gasteiger partial charge in [-0.25, -0.2) is 0 Å². The van der Waals surface area contributed by atoms with Crippen LogP contribution >= 0.6 is 50.1 Å². The first-order chi connectivity index (χ1) is 51.5. The van der Waals surface area contributed by atoms with Crippen molar-refractivity contribution in [3.63, 3.8) is 0 Å². The molecule has 0 saturated heterocycles. The van der Waals surface area contributed by atoms with Gasteiger partial charge in [-0.15, -0.1) is 11.6 Å². The van der Waals surface area contributed by atoms with Crippen LogP contribution in [0.3, 0.4) is 0 Å². The summed E-state index contributed by atoms with van der Waals surface area (Å²) in [6.07, 6.45) is 0. The van der Waals surface area contributed by atoms with Crippen LogP contribution in [-0.2, 0) is 57.5 Å². The number of nitrogens with zero attached hydrogens (tertiary/aromatic N) is 4. The Morgan fingerprint density at radius 1 is 0.333 bits per heavy atom. The summed E-state index contributed by atoms with van der Waals surface area (Å²) in [5.74, 6) is 0.524. The minimum Gasteiger partial charge on any atom is -0.310 e. The molecule has 560 valence electrons. The molecule has 0 aromatic heterocycles. The molecule has 0 atom stereocenters. The largest absolute Gasteiger partial charge is 0.523 e. The van der Waals surface area contributed by atoms with Crippen LogP contribution in [0.2, 0.25) is 0 Å². The molecule has 0 aliphatic heterocycles. The van der Waals surface area contributed by atoms with Crippen LogP contribution < -0.4 is 19.6 Å². The third-order valence-corrected chi connectivity index (χ3v) is 21.0. The van der Waals surface area contributed by atoms with Gasteiger partial charge in [0.15, 0.2) is 0 Å². The van der Waals surface area contributed by atoms with E-state index in [1.807, 2.05) is 13.0 Å². The molecule has 0 heterocycles. The van der Waals surface area contributed by atoms with Gasteiger partial charge in [-0.1, -0.05) is 217 Å². The Bertz CT molecular complexity index is 5050. The lowest BCUT2D eigenvalue weighted by Gasteiger charge is -2.27. The zero-order valence-corrected chi connectivity index (χ0v) is 66.8. The van der Waals surface area contributed by atoms with Crippen LogP contribution in [0.4, 0.5) is 94.6 Å². The topological polar surface area (TPSA) is 99.7 Å². The van der Waals surface area contributed by atoms with Crippen molar-refractivity contribution in [2.75, 3.05) is 19.6 Å². The van der Waals surface area contributed by atoms with E-state index in [9.17, 15) is 43.2 Å². The average Bonchev–Trinajstić information content (AvgIpc) is 0.811. The zero-order chi connectivity index (χ0) is 77.9. The van der Waals surface area contributed by atoms with E-state index in [1.165, 1.54) is 109 Å². The van der Waals surface area contributed by atoms with E-state index < -0.39 is 44.5 Å². The Kier molecular flexibility index (Phi) is 28.9. The summed E-state index contributed by atoms with van der Waals surface area (Å²) in [4.78, 5) is 8.55. The van der Waals surface area contributed by atoms with E-state index >= 15 is 0 Å². The predicted octanol–water partition coefficient (Wildman–Crippen LogP) is 26.4. The number of hydrogen-bond acceptors (Lipinski definition) is 10. The molecule has 12 aromatic rings. The maximum atomic E-state index is 12.7. The monoisotopic (exact) mass is 1700 g/mol. The second kappa shape index (κ2) is 37.7. The first-order valence-electron chi connectivity index (χ1n) is 34.2. The van der Waals surface area contributed by atoms with E-state index in [1.54, 1.807) is 48.2 Å². The standard InChI is InChI=1S/C24H21F6NO6S2.C21H20BrN.C21H20ClN.C21H20IN/c1-16-3-8-20(9-4-16)31(21-11-6-18(7-12-21)14-36-38(32,33)23(25,26)27)22-10-5-17(2)19(13-22)15-37-39(34,35)24(28,29)30;1-16-6-10-19(11-7-16)23(20-12-8-17(2)9-13-20)21-5-3-4-18(14-21)15-22;1-16-8-11-20(12-9-16)23(19-6-4-3-5-7-19)21-13-10-17(2)18(14-21)15-22;1-16-8-11-20(12-9-16)23(19-6-4-3-5-7-19)21-13-10-17(2)14-18(21)15-22/h3-13H,14-15H2,1-2H3;3*3-14H,15H2,1-2H3. The molecule has 10 nitrogen and oxygen atoms in total. The molecule has 0 fully saturated rings. The maximum absolute atomic E-state index is 12.7. The second-order valence-electron chi connectivity index (χ2n) is 25.6. The molecule has 0 spiro atoms. The third-order valence-electron chi connectivity index (χ3n) is 17.3. The summed E-state index contributed by atoms with van der Waals surface area (Å²) in [5, 5.41) is 0.858. The van der Waals surface area contributed by atoms with Crippen LogP contribution in [0.1, 0.15) is 72.3 Å². The fraction of sp³-hybridized carbons (Fsp3) is 0.172. The third kappa shape index (κ3) is 22.2. The number of halogens is 9. The van der Waals surface area contributed by atoms with Crippen LogP contribution in [0.15, 0.2) is 285 Å². The molecule has 21 heteroatoms. The smallest absolute Gasteiger partial charge is 0.310 e. The summed E-state index contributed by atoms with van der Waals surface area (Å²) in [6.45, 7) is 14.4. The highest BCUT2D eigenvalue weighted by Crippen LogP contribution is 2.42. The summed E-state index contributed by atoms with van der Waals surface area (Å²) in [6, 6.07) is 94.8. The quantitative estimate of drug-likeness (QED) is 0.0227. The van der Waals surface area contributed by atoms with Gasteiger partial charge in [0.05, 0.1) is 18.9 Å². The highest BCUT2D eigenvalue weighted by molar-refractivity contribution is 14.1. The molecule has 0 amide bonds. The molecule has 0 aliphatic carbocycles. The summed E-state index contributed by atoms with van der Waals surface area (Å²) in [5.41, 5.74) is 13.9. The van der Waals surface area contributed by atoms with E-state index in [0.717, 1.165) is 37.9 Å². The van der Waals surface area contributed by atoms with Crippen molar-refractivity contribution in [1.29, 1.82) is 0 Å². The van der Waals surface area contributed by atoms with Crippen molar-refractivity contribution in [3.8, 4) is 0 Å². The van der Waals surface area contributed by atoms with E-state index in [0.29, 0.717) is 28.5 Å². The Hall–Kier alpha value is -9.26. The molecule has 12 rings (SSSR count). The number of aryl methyl sites for hydroxylation is 8. The molecule has 0 bridgehead atoms. The number of anilines is 12. The van der Waals surface area contributed by atoms with Gasteiger partial charge < -0.3 is 19.6 Å². The molecule has 0 N–H and O–H groups in total. The molecule has 0 saturated carbocycles. The van der Waals surface area contributed by atoms with Gasteiger partial charge in [0.1, 0.15) is 0 Å². The van der Waals surface area contributed by atoms with Crippen molar-refractivity contribution in [2.24, 2.45) is 0 Å². The Balaban J connectivity index is 0.000000171. The minimum absolute atomic E-state index is 0.116. The van der Waals surface area contributed by atoms with Gasteiger partial charge in [-0.3, -0.25) is 8.37 Å². The summed E-state index contributed by atoms with van der Waals surface area (Å²) in [7, 11) is -11.6. The zero-order valence-electron chi connectivity index (χ0n) is 60.6. The highest BCUT2D eigenvalue weighted by Gasteiger charge is 2.48. The van der Waals surface area contributed by atoms with Crippen molar-refractivity contribution in [2.45, 2.75) is 95.3 Å². The average molecular weight is 1700 g/mol. The van der Waals surface area contributed by atoms with Gasteiger partial charge >= 0.3 is 31.3 Å². The van der Waals surface area contributed by atoms with E-state index in [4.69, 9.17) is 11.6 Å². The maximum Gasteiger partial charge on any atom is 0.523 e. The van der Waals surface area contributed by atoms with Gasteiger partial charge in [0, 0.05) is 78.2 Å². The molecular weight excluding hydrogens is 1620 g/mol. The van der Waals surface area contributed by atoms with E-state index in [-0.39, 0.29) is 11.1 Å². The lowest BCUT2D eigenvalue weighted by atomic mass is 10.1. The number of hydrogen-bond donors (Lipinski definition) is 0. The predicted molar refractivity (Wildman–Crippen MR) is 442 cm³/mol. The molecule has 12 aromatic carbocycles. The molecule has 108 heavy (non-hydrogen) atoms. The van der Waals surface area contributed by atoms with Crippen molar-refractivity contribution < 1.29 is 51.5 Å². The van der Waals surface area contributed by atoms with Gasteiger partial charge in [-0.2, -0.15) is 43.2 Å². The van der Waals surface area contributed by atoms with E-state index in [2.05, 4.69) is 315 Å². The first-order valence-corrected chi connectivity index (χ1v) is 40.2.